The molecular formula is C47H89O12P. The second-order valence-corrected chi connectivity index (χ2v) is 18.4. The molecule has 0 radical (unpaired) electrons. The maximum Gasteiger partial charge on any atom is 0.472 e. The van der Waals surface area contributed by atoms with E-state index in [9.17, 15) is 39.8 Å². The first kappa shape index (κ1) is 56.8. The number of phosphoric ester groups is 1. The highest BCUT2D eigenvalue weighted by Gasteiger charge is 2.51. The highest BCUT2D eigenvalue weighted by atomic mass is 31.2. The monoisotopic (exact) mass is 877 g/mol. The van der Waals surface area contributed by atoms with E-state index >= 15 is 0 Å². The number of allylic oxidation sites excluding steroid dienone is 4. The van der Waals surface area contributed by atoms with Gasteiger partial charge >= 0.3 is 13.8 Å². The summed E-state index contributed by atoms with van der Waals surface area (Å²) in [6.07, 6.45) is 31.0. The van der Waals surface area contributed by atoms with Crippen LogP contribution in [0.25, 0.3) is 0 Å². The predicted octanol–water partition coefficient (Wildman–Crippen LogP) is 10.1. The lowest BCUT2D eigenvalue weighted by molar-refractivity contribution is -0.220. The van der Waals surface area contributed by atoms with Gasteiger partial charge in [0.2, 0.25) is 0 Å². The Kier molecular flexibility index (Phi) is 36.3. The molecule has 0 aromatic heterocycles. The second-order valence-electron chi connectivity index (χ2n) is 17.0. The zero-order valence-corrected chi connectivity index (χ0v) is 38.7. The lowest BCUT2D eigenvalue weighted by Crippen LogP contribution is -2.64. The van der Waals surface area contributed by atoms with Gasteiger partial charge in [-0.2, -0.15) is 0 Å². The number of hydrogen-bond donors (Lipinski definition) is 6. The van der Waals surface area contributed by atoms with E-state index in [-0.39, 0.29) is 13.0 Å². The van der Waals surface area contributed by atoms with Crippen LogP contribution in [0, 0.1) is 0 Å². The zero-order chi connectivity index (χ0) is 44.1. The van der Waals surface area contributed by atoms with E-state index in [1.165, 1.54) is 116 Å². The van der Waals surface area contributed by atoms with Gasteiger partial charge in [-0.3, -0.25) is 13.8 Å². The Labute approximate surface area is 364 Å². The number of carbonyl (C=O) groups is 1. The predicted molar refractivity (Wildman–Crippen MR) is 240 cm³/mol. The number of aliphatic hydroxyl groups excluding tert-OH is 5. The molecule has 1 aliphatic carbocycles. The van der Waals surface area contributed by atoms with Crippen LogP contribution in [0.15, 0.2) is 24.3 Å². The van der Waals surface area contributed by atoms with Crippen LogP contribution >= 0.6 is 7.82 Å². The van der Waals surface area contributed by atoms with E-state index in [1.54, 1.807) is 0 Å². The maximum absolute atomic E-state index is 12.8. The number of hydrogen-bond acceptors (Lipinski definition) is 11. The summed E-state index contributed by atoms with van der Waals surface area (Å²) in [6, 6.07) is 0. The first-order valence-corrected chi connectivity index (χ1v) is 25.7. The Morgan fingerprint density at radius 1 is 0.533 bits per heavy atom. The number of carbonyl (C=O) groups excluding carboxylic acids is 1. The minimum atomic E-state index is -5.02. The largest absolute Gasteiger partial charge is 0.472 e. The van der Waals surface area contributed by atoms with Gasteiger partial charge in [0.15, 0.2) is 0 Å². The van der Waals surface area contributed by atoms with Gasteiger partial charge in [-0.25, -0.2) is 4.57 Å². The molecule has 0 amide bonds. The number of unbranched alkanes of at least 4 members (excludes halogenated alkanes) is 25. The normalized spacial score (nSPS) is 22.5. The molecule has 354 valence electrons. The molecule has 0 bridgehead atoms. The highest BCUT2D eigenvalue weighted by molar-refractivity contribution is 7.47. The molecule has 12 nitrogen and oxygen atoms in total. The van der Waals surface area contributed by atoms with Crippen molar-refractivity contribution in [3.05, 3.63) is 24.3 Å². The van der Waals surface area contributed by atoms with Crippen molar-refractivity contribution in [2.45, 2.75) is 249 Å². The lowest BCUT2D eigenvalue weighted by atomic mass is 9.85. The van der Waals surface area contributed by atoms with Crippen molar-refractivity contribution in [2.24, 2.45) is 0 Å². The fourth-order valence-corrected chi connectivity index (χ4v) is 8.40. The molecule has 1 rings (SSSR count). The summed E-state index contributed by atoms with van der Waals surface area (Å²) < 4.78 is 34.2. The molecule has 1 aliphatic rings. The third kappa shape index (κ3) is 30.0. The van der Waals surface area contributed by atoms with Crippen LogP contribution in [-0.2, 0) is 27.9 Å². The summed E-state index contributed by atoms with van der Waals surface area (Å²) in [7, 11) is -5.02. The summed E-state index contributed by atoms with van der Waals surface area (Å²) in [6.45, 7) is 4.23. The van der Waals surface area contributed by atoms with Crippen LogP contribution < -0.4 is 0 Å². The average molecular weight is 877 g/mol. The van der Waals surface area contributed by atoms with Crippen LogP contribution in [-0.4, -0.2) is 98.9 Å². The number of aliphatic hydroxyl groups is 5. The molecule has 0 spiro atoms. The molecule has 0 heterocycles. The van der Waals surface area contributed by atoms with Crippen molar-refractivity contribution in [2.75, 3.05) is 19.8 Å². The third-order valence-corrected chi connectivity index (χ3v) is 12.3. The van der Waals surface area contributed by atoms with Crippen molar-refractivity contribution in [3.8, 4) is 0 Å². The minimum absolute atomic E-state index is 0.0782. The van der Waals surface area contributed by atoms with E-state index in [0.29, 0.717) is 13.0 Å². The van der Waals surface area contributed by atoms with Crippen molar-refractivity contribution < 1.29 is 58.3 Å². The Morgan fingerprint density at radius 3 is 1.45 bits per heavy atom. The summed E-state index contributed by atoms with van der Waals surface area (Å²) in [5.74, 6) is -0.488. The molecule has 0 aromatic rings. The van der Waals surface area contributed by atoms with Crippen molar-refractivity contribution >= 4 is 13.8 Å². The summed E-state index contributed by atoms with van der Waals surface area (Å²) in [5.41, 5.74) is 0. The van der Waals surface area contributed by atoms with Gasteiger partial charge in [-0.1, -0.05) is 186 Å². The highest BCUT2D eigenvalue weighted by Crippen LogP contribution is 2.47. The number of esters is 1. The van der Waals surface area contributed by atoms with E-state index in [4.69, 9.17) is 18.5 Å². The summed E-state index contributed by atoms with van der Waals surface area (Å²) >= 11 is 0. The van der Waals surface area contributed by atoms with Gasteiger partial charge in [-0.05, 0) is 38.5 Å². The molecule has 1 fully saturated rings. The zero-order valence-electron chi connectivity index (χ0n) is 37.8. The molecule has 0 aromatic carbocycles. The SMILES string of the molecule is CCCC/C=C\C/C=C\CCCCCCCC(=O)OC(COCCCCCCCCCCCCCCCCCCCCC)COP(=O)(O)OC1C(O)C(O)C(O)C(O)C1O. The third-order valence-electron chi connectivity index (χ3n) is 11.3. The molecule has 13 heteroatoms. The Hall–Kier alpha value is -1.18. The van der Waals surface area contributed by atoms with Gasteiger partial charge in [0.1, 0.15) is 42.7 Å². The van der Waals surface area contributed by atoms with Crippen LogP contribution in [0.1, 0.15) is 206 Å². The Bertz CT molecular complexity index is 1090. The smallest absolute Gasteiger partial charge is 0.457 e. The fourth-order valence-electron chi connectivity index (χ4n) is 7.43. The van der Waals surface area contributed by atoms with Crippen molar-refractivity contribution in [1.29, 1.82) is 0 Å². The van der Waals surface area contributed by atoms with E-state index in [1.807, 2.05) is 0 Å². The Balaban J connectivity index is 2.36. The second kappa shape index (κ2) is 38.3. The van der Waals surface area contributed by atoms with Crippen molar-refractivity contribution in [1.82, 2.24) is 0 Å². The van der Waals surface area contributed by atoms with Gasteiger partial charge in [0, 0.05) is 13.0 Å². The van der Waals surface area contributed by atoms with Gasteiger partial charge in [-0.15, -0.1) is 0 Å². The average Bonchev–Trinajstić information content (AvgIpc) is 3.23. The van der Waals surface area contributed by atoms with Crippen LogP contribution in [0.2, 0.25) is 0 Å². The van der Waals surface area contributed by atoms with Crippen LogP contribution in [0.4, 0.5) is 0 Å². The Morgan fingerprint density at radius 2 is 0.950 bits per heavy atom. The first-order valence-electron chi connectivity index (χ1n) is 24.2. The lowest BCUT2D eigenvalue weighted by Gasteiger charge is -2.41. The molecule has 60 heavy (non-hydrogen) atoms. The quantitative estimate of drug-likeness (QED) is 0.0148. The number of rotatable bonds is 41. The molecule has 0 saturated heterocycles. The minimum Gasteiger partial charge on any atom is -0.457 e. The van der Waals surface area contributed by atoms with E-state index in [0.717, 1.165) is 64.2 Å². The van der Waals surface area contributed by atoms with Gasteiger partial charge in [0.25, 0.3) is 0 Å². The van der Waals surface area contributed by atoms with Crippen LogP contribution in [0.5, 0.6) is 0 Å². The maximum atomic E-state index is 12.8. The topological polar surface area (TPSA) is 192 Å². The molecule has 1 saturated carbocycles. The number of phosphoric acid groups is 1. The molecule has 6 unspecified atom stereocenters. The van der Waals surface area contributed by atoms with Gasteiger partial charge < -0.3 is 39.9 Å². The van der Waals surface area contributed by atoms with Crippen LogP contribution in [0.3, 0.4) is 0 Å². The first-order chi connectivity index (χ1) is 29.0. The van der Waals surface area contributed by atoms with E-state index in [2.05, 4.69) is 38.2 Å². The molecule has 6 atom stereocenters. The van der Waals surface area contributed by atoms with E-state index < -0.39 is 63.1 Å². The summed E-state index contributed by atoms with van der Waals surface area (Å²) in [4.78, 5) is 23.2. The van der Waals surface area contributed by atoms with Crippen molar-refractivity contribution in [3.63, 3.8) is 0 Å². The number of ether oxygens (including phenoxy) is 2. The van der Waals surface area contributed by atoms with Gasteiger partial charge in [0.05, 0.1) is 13.2 Å². The molecule has 0 aliphatic heterocycles. The standard InChI is InChI=1S/C47H89O12P/c1-3-5-7-9-11-13-15-17-19-20-21-22-23-25-27-29-31-33-35-37-56-38-40(39-57-60(54,55)59-47-45(52)43(50)42(49)44(51)46(47)53)58-41(48)36-34-32-30-28-26-24-18-16-14-12-10-8-6-4-2/h10,12,16,18,40,42-47,49-53H,3-9,11,13-15,17,19-39H2,1-2H3,(H,54,55)/b12-10-,18-16-. The molecule has 6 N–H and O–H groups in total. The molecular weight excluding hydrogens is 787 g/mol. The fraction of sp³-hybridized carbons (Fsp3) is 0.894. The summed E-state index contributed by atoms with van der Waals surface area (Å²) in [5, 5.41) is 50.2.